The molecule has 0 saturated carbocycles. The van der Waals surface area contributed by atoms with Crippen LogP contribution in [0.4, 0.5) is 0 Å². The van der Waals surface area contributed by atoms with Gasteiger partial charge in [0, 0.05) is 31.2 Å². The number of piperazine rings is 1. The molecule has 70 valence electrons. The third kappa shape index (κ3) is 1.17. The number of hydrogen-bond acceptors (Lipinski definition) is 2. The number of likely N-dealkylation sites (N-methyl/N-ethyl adjacent to an activating group) is 1. The van der Waals surface area contributed by atoms with Gasteiger partial charge < -0.3 is 0 Å². The van der Waals surface area contributed by atoms with Crippen LogP contribution in [0.3, 0.4) is 0 Å². The summed E-state index contributed by atoms with van der Waals surface area (Å²) in [5, 5.41) is 0. The van der Waals surface area contributed by atoms with E-state index in [4.69, 9.17) is 0 Å². The molecule has 12 heavy (non-hydrogen) atoms. The van der Waals surface area contributed by atoms with Crippen LogP contribution in [0, 0.1) is 0 Å². The highest BCUT2D eigenvalue weighted by Crippen LogP contribution is 2.31. The number of likely N-dealkylation sites (tertiary alicyclic amines) is 2. The van der Waals surface area contributed by atoms with Crippen LogP contribution in [0.15, 0.2) is 0 Å². The molecule has 2 saturated heterocycles. The van der Waals surface area contributed by atoms with Gasteiger partial charge in [0.2, 0.25) is 0 Å². The second-order valence-electron chi connectivity index (χ2n) is 4.42. The zero-order valence-corrected chi connectivity index (χ0v) is 8.45. The minimum Gasteiger partial charge on any atom is -0.298 e. The molecule has 2 aliphatic heterocycles. The molecule has 2 fully saturated rings. The van der Waals surface area contributed by atoms with Crippen LogP contribution in [0.25, 0.3) is 0 Å². The molecular formula is C10H20N2. The van der Waals surface area contributed by atoms with Gasteiger partial charge in [-0.2, -0.15) is 0 Å². The largest absolute Gasteiger partial charge is 0.298 e. The lowest BCUT2D eigenvalue weighted by Gasteiger charge is -2.35. The van der Waals surface area contributed by atoms with Gasteiger partial charge >= 0.3 is 0 Å². The summed E-state index contributed by atoms with van der Waals surface area (Å²) in [7, 11) is 0. The van der Waals surface area contributed by atoms with Crippen LogP contribution in [-0.2, 0) is 0 Å². The standard InChI is InChI=1S/C10H20N2/c1-4-11-6-10-5-9(11)7-12(10)8(2)3/h8-10H,4-7H2,1-3H3/t9-,10-/m1/s1. The maximum absolute atomic E-state index is 2.66. The molecule has 0 N–H and O–H groups in total. The van der Waals surface area contributed by atoms with Gasteiger partial charge in [0.15, 0.2) is 0 Å². The van der Waals surface area contributed by atoms with Crippen molar-refractivity contribution in [2.24, 2.45) is 0 Å². The molecule has 2 rings (SSSR count). The molecule has 2 bridgehead atoms. The van der Waals surface area contributed by atoms with Crippen molar-refractivity contribution in [3.63, 3.8) is 0 Å². The fourth-order valence-electron chi connectivity index (χ4n) is 2.80. The monoisotopic (exact) mass is 168 g/mol. The molecule has 0 aromatic heterocycles. The molecule has 2 heterocycles. The van der Waals surface area contributed by atoms with E-state index in [-0.39, 0.29) is 0 Å². The van der Waals surface area contributed by atoms with E-state index in [0.29, 0.717) is 0 Å². The van der Waals surface area contributed by atoms with Crippen molar-refractivity contribution in [3.05, 3.63) is 0 Å². The van der Waals surface area contributed by atoms with E-state index >= 15 is 0 Å². The summed E-state index contributed by atoms with van der Waals surface area (Å²) in [6.45, 7) is 10.8. The highest BCUT2D eigenvalue weighted by Gasteiger charge is 2.42. The Labute approximate surface area is 75.5 Å². The fraction of sp³-hybridized carbons (Fsp3) is 1.00. The Morgan fingerprint density at radius 2 is 2.00 bits per heavy atom. The molecular weight excluding hydrogens is 148 g/mol. The fourth-order valence-corrected chi connectivity index (χ4v) is 2.80. The zero-order valence-electron chi connectivity index (χ0n) is 8.45. The highest BCUT2D eigenvalue weighted by atomic mass is 15.4. The second-order valence-corrected chi connectivity index (χ2v) is 4.42. The topological polar surface area (TPSA) is 6.48 Å². The first kappa shape index (κ1) is 8.52. The lowest BCUT2D eigenvalue weighted by atomic mass is 10.2. The Balaban J connectivity index is 1.98. The molecule has 0 spiro atoms. The first-order valence-electron chi connectivity index (χ1n) is 5.22. The smallest absolute Gasteiger partial charge is 0.0242 e. The van der Waals surface area contributed by atoms with Crippen molar-refractivity contribution in [1.29, 1.82) is 0 Å². The SMILES string of the molecule is CCN1C[C@H]2C[C@@H]1CN2C(C)C. The third-order valence-electron chi connectivity index (χ3n) is 3.47. The zero-order chi connectivity index (χ0) is 8.72. The van der Waals surface area contributed by atoms with E-state index in [1.54, 1.807) is 0 Å². The molecule has 2 atom stereocenters. The van der Waals surface area contributed by atoms with Gasteiger partial charge in [-0.15, -0.1) is 0 Å². The van der Waals surface area contributed by atoms with E-state index in [9.17, 15) is 0 Å². The number of fused-ring (bicyclic) bond motifs is 2. The predicted molar refractivity (Wildman–Crippen MR) is 51.3 cm³/mol. The first-order valence-corrected chi connectivity index (χ1v) is 5.22. The van der Waals surface area contributed by atoms with Crippen LogP contribution in [0.1, 0.15) is 27.2 Å². The van der Waals surface area contributed by atoms with Gasteiger partial charge in [-0.1, -0.05) is 6.92 Å². The van der Waals surface area contributed by atoms with Crippen LogP contribution >= 0.6 is 0 Å². The average molecular weight is 168 g/mol. The number of hydrogen-bond donors (Lipinski definition) is 0. The van der Waals surface area contributed by atoms with Gasteiger partial charge in [-0.3, -0.25) is 9.80 Å². The number of nitrogens with zero attached hydrogens (tertiary/aromatic N) is 2. The molecule has 0 aromatic rings. The van der Waals surface area contributed by atoms with Gasteiger partial charge in [-0.25, -0.2) is 0 Å². The summed E-state index contributed by atoms with van der Waals surface area (Å²) in [4.78, 5) is 5.29. The molecule has 2 heteroatoms. The summed E-state index contributed by atoms with van der Waals surface area (Å²) < 4.78 is 0. The summed E-state index contributed by atoms with van der Waals surface area (Å²) in [5.74, 6) is 0. The van der Waals surface area contributed by atoms with Gasteiger partial charge in [0.05, 0.1) is 0 Å². The van der Waals surface area contributed by atoms with Crippen LogP contribution in [0.2, 0.25) is 0 Å². The van der Waals surface area contributed by atoms with E-state index in [1.807, 2.05) is 0 Å². The molecule has 0 aromatic carbocycles. The molecule has 2 nitrogen and oxygen atoms in total. The Morgan fingerprint density at radius 3 is 2.42 bits per heavy atom. The summed E-state index contributed by atoms with van der Waals surface area (Å²) in [6.07, 6.45) is 1.42. The third-order valence-corrected chi connectivity index (χ3v) is 3.47. The lowest BCUT2D eigenvalue weighted by Crippen LogP contribution is -2.48. The molecule has 0 radical (unpaired) electrons. The Kier molecular flexibility index (Phi) is 2.13. The summed E-state index contributed by atoms with van der Waals surface area (Å²) in [5.41, 5.74) is 0. The number of rotatable bonds is 2. The Morgan fingerprint density at radius 1 is 1.25 bits per heavy atom. The van der Waals surface area contributed by atoms with Crippen LogP contribution in [0.5, 0.6) is 0 Å². The van der Waals surface area contributed by atoms with Crippen molar-refractivity contribution in [2.45, 2.75) is 45.3 Å². The first-order chi connectivity index (χ1) is 5.72. The summed E-state index contributed by atoms with van der Waals surface area (Å²) in [6, 6.07) is 2.50. The maximum Gasteiger partial charge on any atom is 0.0242 e. The molecule has 0 aliphatic carbocycles. The Bertz CT molecular complexity index is 167. The molecule has 0 unspecified atom stereocenters. The predicted octanol–water partition coefficient (Wildman–Crippen LogP) is 1.17. The van der Waals surface area contributed by atoms with Crippen molar-refractivity contribution < 1.29 is 0 Å². The molecule has 0 amide bonds. The van der Waals surface area contributed by atoms with Gasteiger partial charge in [0.1, 0.15) is 0 Å². The molecule has 2 aliphatic rings. The van der Waals surface area contributed by atoms with Crippen molar-refractivity contribution >= 4 is 0 Å². The van der Waals surface area contributed by atoms with Crippen molar-refractivity contribution in [1.82, 2.24) is 9.80 Å². The average Bonchev–Trinajstić information content (AvgIpc) is 2.60. The van der Waals surface area contributed by atoms with Gasteiger partial charge in [0.25, 0.3) is 0 Å². The normalized spacial score (nSPS) is 37.0. The lowest BCUT2D eigenvalue weighted by molar-refractivity contribution is 0.108. The summed E-state index contributed by atoms with van der Waals surface area (Å²) >= 11 is 0. The van der Waals surface area contributed by atoms with Crippen LogP contribution in [-0.4, -0.2) is 47.6 Å². The quantitative estimate of drug-likeness (QED) is 0.611. The van der Waals surface area contributed by atoms with E-state index < -0.39 is 0 Å². The minimum atomic E-state index is 0.749. The van der Waals surface area contributed by atoms with Gasteiger partial charge in [-0.05, 0) is 26.8 Å². The highest BCUT2D eigenvalue weighted by molar-refractivity contribution is 4.99. The maximum atomic E-state index is 2.66. The van der Waals surface area contributed by atoms with Crippen molar-refractivity contribution in [3.8, 4) is 0 Å². The van der Waals surface area contributed by atoms with Crippen molar-refractivity contribution in [2.75, 3.05) is 19.6 Å². The Hall–Kier alpha value is -0.0800. The van der Waals surface area contributed by atoms with E-state index in [1.165, 1.54) is 26.1 Å². The second kappa shape index (κ2) is 3.00. The van der Waals surface area contributed by atoms with E-state index in [0.717, 1.165) is 18.1 Å². The van der Waals surface area contributed by atoms with Crippen LogP contribution < -0.4 is 0 Å². The minimum absolute atomic E-state index is 0.749. The van der Waals surface area contributed by atoms with E-state index in [2.05, 4.69) is 30.6 Å².